The van der Waals surface area contributed by atoms with Gasteiger partial charge < -0.3 is 9.64 Å². The molecule has 0 spiro atoms. The van der Waals surface area contributed by atoms with Gasteiger partial charge in [-0.15, -0.1) is 0 Å². The van der Waals surface area contributed by atoms with E-state index in [2.05, 4.69) is 4.98 Å². The third kappa shape index (κ3) is 2.59. The largest absolute Gasteiger partial charge is 0.467 e. The van der Waals surface area contributed by atoms with E-state index in [4.69, 9.17) is 4.74 Å². The summed E-state index contributed by atoms with van der Waals surface area (Å²) < 4.78 is 4.79. The fourth-order valence-corrected chi connectivity index (χ4v) is 2.63. The van der Waals surface area contributed by atoms with E-state index in [-0.39, 0.29) is 17.9 Å². The summed E-state index contributed by atoms with van der Waals surface area (Å²) >= 11 is 0. The molecule has 1 aliphatic heterocycles. The van der Waals surface area contributed by atoms with Crippen molar-refractivity contribution in [2.24, 2.45) is 0 Å². The Morgan fingerprint density at radius 2 is 2.42 bits per heavy atom. The molecular weight excluding hydrogens is 244 g/mol. The predicted molar refractivity (Wildman–Crippen MR) is 69.2 cm³/mol. The number of carbonyl (C=O) groups excluding carboxylic acids is 2. The van der Waals surface area contributed by atoms with E-state index in [1.165, 1.54) is 7.11 Å². The van der Waals surface area contributed by atoms with Gasteiger partial charge in [0, 0.05) is 18.8 Å². The first-order valence-corrected chi connectivity index (χ1v) is 6.48. The molecule has 19 heavy (non-hydrogen) atoms. The Labute approximate surface area is 112 Å². The van der Waals surface area contributed by atoms with Gasteiger partial charge >= 0.3 is 5.97 Å². The van der Waals surface area contributed by atoms with Gasteiger partial charge in [-0.05, 0) is 24.5 Å². The van der Waals surface area contributed by atoms with Crippen molar-refractivity contribution in [1.82, 2.24) is 9.88 Å². The number of rotatable bonds is 4. The number of hydrogen-bond acceptors (Lipinski definition) is 4. The van der Waals surface area contributed by atoms with E-state index in [1.54, 1.807) is 17.3 Å². The van der Waals surface area contributed by atoms with Crippen LogP contribution in [0.2, 0.25) is 0 Å². The van der Waals surface area contributed by atoms with Crippen molar-refractivity contribution in [3.05, 3.63) is 30.1 Å². The minimum Gasteiger partial charge on any atom is -0.467 e. The van der Waals surface area contributed by atoms with E-state index >= 15 is 0 Å². The topological polar surface area (TPSA) is 59.5 Å². The molecule has 0 radical (unpaired) electrons. The van der Waals surface area contributed by atoms with Crippen LogP contribution < -0.4 is 0 Å². The second kappa shape index (κ2) is 5.82. The monoisotopic (exact) mass is 262 g/mol. The van der Waals surface area contributed by atoms with Gasteiger partial charge in [-0.25, -0.2) is 4.79 Å². The number of hydrogen-bond donors (Lipinski definition) is 0. The van der Waals surface area contributed by atoms with E-state index < -0.39 is 6.04 Å². The van der Waals surface area contributed by atoms with Gasteiger partial charge in [0.15, 0.2) is 0 Å². The average Bonchev–Trinajstić information content (AvgIpc) is 2.82. The minimum absolute atomic E-state index is 0.00565. The molecule has 5 heteroatoms. The van der Waals surface area contributed by atoms with Crippen LogP contribution in [-0.2, 0) is 14.3 Å². The maximum atomic E-state index is 12.1. The third-order valence-corrected chi connectivity index (χ3v) is 3.52. The maximum absolute atomic E-state index is 12.1. The third-order valence-electron chi connectivity index (χ3n) is 3.52. The Kier molecular flexibility index (Phi) is 4.14. The molecule has 0 bridgehead atoms. The van der Waals surface area contributed by atoms with Crippen LogP contribution in [0.4, 0.5) is 0 Å². The molecule has 1 aromatic heterocycles. The van der Waals surface area contributed by atoms with Crippen molar-refractivity contribution >= 4 is 11.9 Å². The van der Waals surface area contributed by atoms with E-state index in [0.29, 0.717) is 12.8 Å². The maximum Gasteiger partial charge on any atom is 0.328 e. The molecule has 1 aliphatic rings. The summed E-state index contributed by atoms with van der Waals surface area (Å²) in [5, 5.41) is 0. The van der Waals surface area contributed by atoms with Crippen LogP contribution in [0.1, 0.15) is 37.8 Å². The fourth-order valence-electron chi connectivity index (χ4n) is 2.63. The lowest BCUT2D eigenvalue weighted by atomic mass is 10.0. The van der Waals surface area contributed by atoms with Crippen molar-refractivity contribution in [1.29, 1.82) is 0 Å². The van der Waals surface area contributed by atoms with E-state index in [9.17, 15) is 9.59 Å². The zero-order valence-corrected chi connectivity index (χ0v) is 11.2. The highest BCUT2D eigenvalue weighted by Gasteiger charge is 2.40. The van der Waals surface area contributed by atoms with Gasteiger partial charge in [-0.3, -0.25) is 9.78 Å². The van der Waals surface area contributed by atoms with Gasteiger partial charge in [-0.2, -0.15) is 0 Å². The Morgan fingerprint density at radius 1 is 1.63 bits per heavy atom. The van der Waals surface area contributed by atoms with Crippen LogP contribution in [0.3, 0.4) is 0 Å². The summed E-state index contributed by atoms with van der Waals surface area (Å²) in [5.41, 5.74) is 0.953. The molecule has 0 N–H and O–H groups in total. The SMILES string of the molecule is CCC(c1cccnc1)N1C(=O)CCC1C(=O)OC. The number of ether oxygens (including phenoxy) is 1. The number of nitrogens with zero attached hydrogens (tertiary/aromatic N) is 2. The summed E-state index contributed by atoms with van der Waals surface area (Å²) in [6, 6.07) is 3.18. The van der Waals surface area contributed by atoms with Crippen LogP contribution in [-0.4, -0.2) is 34.9 Å². The lowest BCUT2D eigenvalue weighted by Gasteiger charge is -2.31. The second-order valence-corrected chi connectivity index (χ2v) is 4.59. The molecule has 1 saturated heterocycles. The van der Waals surface area contributed by atoms with Crippen LogP contribution >= 0.6 is 0 Å². The van der Waals surface area contributed by atoms with Gasteiger partial charge in [0.1, 0.15) is 6.04 Å². The summed E-state index contributed by atoms with van der Waals surface area (Å²) in [7, 11) is 1.36. The Morgan fingerprint density at radius 3 is 3.00 bits per heavy atom. The first kappa shape index (κ1) is 13.5. The molecule has 2 heterocycles. The molecule has 0 aromatic carbocycles. The zero-order chi connectivity index (χ0) is 13.8. The highest BCUT2D eigenvalue weighted by Crippen LogP contribution is 2.32. The molecule has 1 amide bonds. The highest BCUT2D eigenvalue weighted by atomic mass is 16.5. The first-order chi connectivity index (χ1) is 9.19. The van der Waals surface area contributed by atoms with E-state index in [0.717, 1.165) is 12.0 Å². The molecule has 2 atom stereocenters. The molecule has 1 fully saturated rings. The molecule has 1 aromatic rings. The molecule has 102 valence electrons. The van der Waals surface area contributed by atoms with Crippen LogP contribution in [0.15, 0.2) is 24.5 Å². The number of esters is 1. The summed E-state index contributed by atoms with van der Waals surface area (Å²) in [6.45, 7) is 2.00. The van der Waals surface area contributed by atoms with Gasteiger partial charge in [-0.1, -0.05) is 13.0 Å². The van der Waals surface area contributed by atoms with Gasteiger partial charge in [0.25, 0.3) is 0 Å². The highest BCUT2D eigenvalue weighted by molar-refractivity contribution is 5.88. The van der Waals surface area contributed by atoms with Crippen molar-refractivity contribution < 1.29 is 14.3 Å². The normalized spacial score (nSPS) is 20.4. The van der Waals surface area contributed by atoms with Crippen molar-refractivity contribution in [3.63, 3.8) is 0 Å². The van der Waals surface area contributed by atoms with Crippen LogP contribution in [0.25, 0.3) is 0 Å². The smallest absolute Gasteiger partial charge is 0.328 e. The second-order valence-electron chi connectivity index (χ2n) is 4.59. The van der Waals surface area contributed by atoms with Gasteiger partial charge in [0.2, 0.25) is 5.91 Å². The number of amides is 1. The van der Waals surface area contributed by atoms with Crippen molar-refractivity contribution in [3.8, 4) is 0 Å². The average molecular weight is 262 g/mol. The Balaban J connectivity index is 2.30. The zero-order valence-electron chi connectivity index (χ0n) is 11.2. The fraction of sp³-hybridized carbons (Fsp3) is 0.500. The van der Waals surface area contributed by atoms with Crippen LogP contribution in [0, 0.1) is 0 Å². The van der Waals surface area contributed by atoms with Crippen molar-refractivity contribution in [2.45, 2.75) is 38.3 Å². The molecule has 2 rings (SSSR count). The molecule has 0 aliphatic carbocycles. The lowest BCUT2D eigenvalue weighted by molar-refractivity contribution is -0.151. The standard InChI is InChI=1S/C14H18N2O3/c1-3-11(10-5-4-8-15-9-10)16-12(14(18)19-2)6-7-13(16)17/h4-5,8-9,11-12H,3,6-7H2,1-2H3. The molecule has 5 nitrogen and oxygen atoms in total. The summed E-state index contributed by atoms with van der Waals surface area (Å²) in [5.74, 6) is -0.334. The lowest BCUT2D eigenvalue weighted by Crippen LogP contribution is -2.41. The molecular formula is C14H18N2O3. The summed E-state index contributed by atoms with van der Waals surface area (Å²) in [4.78, 5) is 29.6. The van der Waals surface area contributed by atoms with Gasteiger partial charge in [0.05, 0.1) is 13.2 Å². The molecule has 2 unspecified atom stereocenters. The summed E-state index contributed by atoms with van der Waals surface area (Å²) in [6.07, 6.45) is 5.11. The quantitative estimate of drug-likeness (QED) is 0.775. The number of carbonyl (C=O) groups is 2. The number of pyridine rings is 1. The van der Waals surface area contributed by atoms with Crippen molar-refractivity contribution in [2.75, 3.05) is 7.11 Å². The Bertz CT molecular complexity index is 461. The number of likely N-dealkylation sites (tertiary alicyclic amines) is 1. The number of methoxy groups -OCH3 is 1. The predicted octanol–water partition coefficient (Wildman–Crippen LogP) is 1.70. The van der Waals surface area contributed by atoms with Crippen LogP contribution in [0.5, 0.6) is 0 Å². The van der Waals surface area contributed by atoms with E-state index in [1.807, 2.05) is 19.1 Å². The Hall–Kier alpha value is -1.91. The first-order valence-electron chi connectivity index (χ1n) is 6.48. The minimum atomic E-state index is -0.470. The number of aromatic nitrogens is 1. The molecule has 0 saturated carbocycles.